The average molecular weight is 407 g/mol. The van der Waals surface area contributed by atoms with Crippen LogP contribution in [0.2, 0.25) is 0 Å². The molecular weight excluding hydrogens is 372 g/mol. The van der Waals surface area contributed by atoms with Crippen molar-refractivity contribution in [2.24, 2.45) is 28.6 Å². The van der Waals surface area contributed by atoms with Crippen LogP contribution in [0.5, 0.6) is 0 Å². The first kappa shape index (κ1) is 21.0. The summed E-state index contributed by atoms with van der Waals surface area (Å²) in [6.45, 7) is 6.77. The number of hydrogen-bond acceptors (Lipinski definition) is 6. The molecule has 9 unspecified atom stereocenters. The zero-order chi connectivity index (χ0) is 21.4. The molecular formula is C23H34O6. The highest BCUT2D eigenvalue weighted by Crippen LogP contribution is 2.68. The summed E-state index contributed by atoms with van der Waals surface area (Å²) in [6, 6.07) is 0. The molecule has 6 nitrogen and oxygen atoms in total. The summed E-state index contributed by atoms with van der Waals surface area (Å²) in [4.78, 5) is 24.5. The first-order chi connectivity index (χ1) is 13.5. The van der Waals surface area contributed by atoms with E-state index in [2.05, 4.69) is 13.0 Å². The Balaban J connectivity index is 1.86. The van der Waals surface area contributed by atoms with Crippen molar-refractivity contribution in [1.29, 1.82) is 0 Å². The molecule has 0 aromatic carbocycles. The quantitative estimate of drug-likeness (QED) is 0.479. The van der Waals surface area contributed by atoms with E-state index in [-0.39, 0.29) is 29.1 Å². The number of Topliss-reactive ketones (excluding diaryl/α,β-unsaturated/α-hetero) is 1. The molecule has 0 aromatic heterocycles. The number of aliphatic hydroxyl groups is 3. The fraction of sp³-hybridized carbons (Fsp3) is 0.826. The van der Waals surface area contributed by atoms with Crippen LogP contribution in [-0.4, -0.2) is 51.0 Å². The monoisotopic (exact) mass is 406 g/mol. The predicted molar refractivity (Wildman–Crippen MR) is 106 cm³/mol. The normalized spacial score (nSPS) is 51.3. The van der Waals surface area contributed by atoms with Crippen molar-refractivity contribution in [2.75, 3.05) is 0 Å². The molecule has 0 radical (unpaired) electrons. The molecule has 6 heteroatoms. The smallest absolute Gasteiger partial charge is 0.303 e. The fourth-order valence-electron chi connectivity index (χ4n) is 7.68. The van der Waals surface area contributed by atoms with Gasteiger partial charge < -0.3 is 20.1 Å². The second-order valence-electron chi connectivity index (χ2n) is 10.3. The van der Waals surface area contributed by atoms with E-state index in [1.807, 2.05) is 6.92 Å². The number of ketones is 1. The van der Waals surface area contributed by atoms with Gasteiger partial charge in [0, 0.05) is 24.2 Å². The standard InChI is InChI=1S/C23H34O6/c1-12(24)16-8-10-23(28)17-6-5-14-11-15(26)7-9-21(14,3)18(17)19(27)20(22(16,23)4)29-13(2)25/h5,15-20,26-28H,6-11H2,1-4H3. The highest BCUT2D eigenvalue weighted by molar-refractivity contribution is 5.80. The van der Waals surface area contributed by atoms with Gasteiger partial charge in [-0.1, -0.05) is 25.5 Å². The maximum atomic E-state index is 12.5. The van der Waals surface area contributed by atoms with Gasteiger partial charge in [-0.3, -0.25) is 9.59 Å². The number of rotatable bonds is 2. The van der Waals surface area contributed by atoms with E-state index in [0.29, 0.717) is 38.5 Å². The van der Waals surface area contributed by atoms with E-state index in [1.165, 1.54) is 13.8 Å². The Morgan fingerprint density at radius 1 is 1.14 bits per heavy atom. The van der Waals surface area contributed by atoms with E-state index in [9.17, 15) is 24.9 Å². The predicted octanol–water partition coefficient (Wildman–Crippen LogP) is 2.14. The Kier molecular flexibility index (Phi) is 4.80. The Hall–Kier alpha value is -1.24. The highest BCUT2D eigenvalue weighted by Gasteiger charge is 2.74. The van der Waals surface area contributed by atoms with Crippen molar-refractivity contribution in [1.82, 2.24) is 0 Å². The Labute approximate surface area is 172 Å². The molecule has 4 aliphatic rings. The van der Waals surface area contributed by atoms with Gasteiger partial charge in [0.1, 0.15) is 11.9 Å². The molecule has 0 saturated heterocycles. The SMILES string of the molecule is CC(=O)OC1C(O)C2C(CC=C3CC(O)CCC32C)C2(O)CCC(C(C)=O)C12C. The molecule has 3 saturated carbocycles. The van der Waals surface area contributed by atoms with Crippen LogP contribution in [-0.2, 0) is 14.3 Å². The molecule has 9 atom stereocenters. The summed E-state index contributed by atoms with van der Waals surface area (Å²) >= 11 is 0. The van der Waals surface area contributed by atoms with Crippen molar-refractivity contribution in [3.8, 4) is 0 Å². The first-order valence-electron chi connectivity index (χ1n) is 10.9. The van der Waals surface area contributed by atoms with E-state index in [0.717, 1.165) is 5.57 Å². The van der Waals surface area contributed by atoms with Crippen molar-refractivity contribution >= 4 is 11.8 Å². The fourth-order valence-corrected chi connectivity index (χ4v) is 7.68. The van der Waals surface area contributed by atoms with Crippen LogP contribution in [0.3, 0.4) is 0 Å². The summed E-state index contributed by atoms with van der Waals surface area (Å²) < 4.78 is 5.69. The molecule has 0 aromatic rings. The van der Waals surface area contributed by atoms with Crippen LogP contribution in [0.15, 0.2) is 11.6 Å². The summed E-state index contributed by atoms with van der Waals surface area (Å²) in [5.74, 6) is -1.52. The maximum absolute atomic E-state index is 12.5. The Morgan fingerprint density at radius 2 is 1.83 bits per heavy atom. The lowest BCUT2D eigenvalue weighted by molar-refractivity contribution is -0.269. The van der Waals surface area contributed by atoms with E-state index < -0.39 is 35.1 Å². The molecule has 0 heterocycles. The molecule has 4 rings (SSSR count). The zero-order valence-electron chi connectivity index (χ0n) is 17.9. The topological polar surface area (TPSA) is 104 Å². The number of aliphatic hydroxyl groups excluding tert-OH is 2. The maximum Gasteiger partial charge on any atom is 0.303 e. The minimum Gasteiger partial charge on any atom is -0.459 e. The third kappa shape index (κ3) is 2.64. The largest absolute Gasteiger partial charge is 0.459 e. The lowest BCUT2D eigenvalue weighted by atomic mass is 9.44. The molecule has 29 heavy (non-hydrogen) atoms. The van der Waals surface area contributed by atoms with Crippen molar-refractivity contribution in [2.45, 2.75) is 90.1 Å². The van der Waals surface area contributed by atoms with Crippen LogP contribution in [0.1, 0.15) is 66.2 Å². The number of esters is 1. The van der Waals surface area contributed by atoms with Crippen LogP contribution in [0.25, 0.3) is 0 Å². The third-order valence-corrected chi connectivity index (χ3v) is 9.11. The molecule has 4 aliphatic carbocycles. The number of ether oxygens (including phenoxy) is 1. The van der Waals surface area contributed by atoms with Gasteiger partial charge >= 0.3 is 5.97 Å². The van der Waals surface area contributed by atoms with Crippen LogP contribution >= 0.6 is 0 Å². The molecule has 0 bridgehead atoms. The second kappa shape index (κ2) is 6.63. The molecule has 0 spiro atoms. The highest BCUT2D eigenvalue weighted by atomic mass is 16.6. The van der Waals surface area contributed by atoms with E-state index in [1.54, 1.807) is 0 Å². The number of carbonyl (C=O) groups is 2. The summed E-state index contributed by atoms with van der Waals surface area (Å²) in [6.07, 6.45) is 3.38. The number of hydrogen-bond donors (Lipinski definition) is 3. The van der Waals surface area contributed by atoms with Gasteiger partial charge in [-0.2, -0.15) is 0 Å². The van der Waals surface area contributed by atoms with E-state index >= 15 is 0 Å². The zero-order valence-corrected chi connectivity index (χ0v) is 17.9. The van der Waals surface area contributed by atoms with E-state index in [4.69, 9.17) is 4.74 Å². The number of carbonyl (C=O) groups excluding carboxylic acids is 2. The van der Waals surface area contributed by atoms with Gasteiger partial charge in [-0.15, -0.1) is 0 Å². The van der Waals surface area contributed by atoms with Crippen molar-refractivity contribution in [3.05, 3.63) is 11.6 Å². The molecule has 3 N–H and O–H groups in total. The molecule has 0 amide bonds. The van der Waals surface area contributed by atoms with Gasteiger partial charge in [-0.25, -0.2) is 0 Å². The van der Waals surface area contributed by atoms with Crippen LogP contribution in [0, 0.1) is 28.6 Å². The second-order valence-corrected chi connectivity index (χ2v) is 10.3. The van der Waals surface area contributed by atoms with Gasteiger partial charge in [0.2, 0.25) is 0 Å². The molecule has 3 fully saturated rings. The third-order valence-electron chi connectivity index (χ3n) is 9.11. The van der Waals surface area contributed by atoms with Gasteiger partial charge in [0.25, 0.3) is 0 Å². The minimum absolute atomic E-state index is 0.0368. The van der Waals surface area contributed by atoms with Crippen molar-refractivity contribution in [3.63, 3.8) is 0 Å². The number of fused-ring (bicyclic) bond motifs is 5. The van der Waals surface area contributed by atoms with Crippen LogP contribution < -0.4 is 0 Å². The summed E-state index contributed by atoms with van der Waals surface area (Å²) in [5, 5.41) is 33.9. The Bertz CT molecular complexity index is 760. The summed E-state index contributed by atoms with van der Waals surface area (Å²) in [7, 11) is 0. The van der Waals surface area contributed by atoms with Gasteiger partial charge in [0.05, 0.1) is 17.8 Å². The summed E-state index contributed by atoms with van der Waals surface area (Å²) in [5.41, 5.74) is -1.47. The first-order valence-corrected chi connectivity index (χ1v) is 10.9. The van der Waals surface area contributed by atoms with Crippen molar-refractivity contribution < 1.29 is 29.6 Å². The van der Waals surface area contributed by atoms with Gasteiger partial charge in [0.15, 0.2) is 0 Å². The lowest BCUT2D eigenvalue weighted by Gasteiger charge is -2.64. The molecule has 0 aliphatic heterocycles. The number of allylic oxidation sites excluding steroid dienone is 1. The average Bonchev–Trinajstić information content (AvgIpc) is 2.91. The minimum atomic E-state index is -1.20. The lowest BCUT2D eigenvalue weighted by Crippen LogP contribution is -2.72. The molecule has 162 valence electrons. The van der Waals surface area contributed by atoms with Gasteiger partial charge in [-0.05, 0) is 56.8 Å². The Morgan fingerprint density at radius 3 is 2.45 bits per heavy atom. The van der Waals surface area contributed by atoms with Crippen LogP contribution in [0.4, 0.5) is 0 Å².